The summed E-state index contributed by atoms with van der Waals surface area (Å²) in [5.41, 5.74) is -2.86. The molecule has 3 saturated carbocycles. The van der Waals surface area contributed by atoms with Crippen LogP contribution in [0.15, 0.2) is 30.1 Å². The van der Waals surface area contributed by atoms with Gasteiger partial charge in [0.2, 0.25) is 11.1 Å². The molecule has 7 rings (SSSR count). The van der Waals surface area contributed by atoms with Crippen LogP contribution in [0.1, 0.15) is 70.1 Å². The second-order valence-electron chi connectivity index (χ2n) is 13.5. The highest BCUT2D eigenvalue weighted by molar-refractivity contribution is 8.13. The van der Waals surface area contributed by atoms with Crippen molar-refractivity contribution in [3.63, 3.8) is 0 Å². The Labute approximate surface area is 257 Å². The monoisotopic (exact) mass is 631 g/mol. The number of nitrogens with zero attached hydrogens (tertiary/aromatic N) is 3. The number of rotatable bonds is 5. The number of carbonyl (C=O) groups excluding carboxylic acids is 2. The first-order chi connectivity index (χ1) is 21.0. The summed E-state index contributed by atoms with van der Waals surface area (Å²) in [7, 11) is 0. The van der Waals surface area contributed by atoms with Gasteiger partial charge in [0.05, 0.1) is 29.9 Å². The van der Waals surface area contributed by atoms with Crippen LogP contribution in [0.4, 0.5) is 13.2 Å². The molecule has 1 saturated heterocycles. The number of aliphatic hydroxyl groups is 1. The second kappa shape index (κ2) is 10.4. The van der Waals surface area contributed by atoms with E-state index in [0.29, 0.717) is 62.6 Å². The van der Waals surface area contributed by atoms with Crippen molar-refractivity contribution in [3.05, 3.63) is 47.3 Å². The summed E-state index contributed by atoms with van der Waals surface area (Å²) in [5, 5.41) is 15.8. The van der Waals surface area contributed by atoms with E-state index in [9.17, 15) is 23.5 Å². The minimum atomic E-state index is -2.04. The van der Waals surface area contributed by atoms with Crippen LogP contribution >= 0.6 is 11.8 Å². The largest absolute Gasteiger partial charge is 0.448 e. The summed E-state index contributed by atoms with van der Waals surface area (Å²) in [6.45, 7) is 4.08. The van der Waals surface area contributed by atoms with E-state index in [1.54, 1.807) is 23.9 Å². The highest BCUT2D eigenvalue weighted by Gasteiger charge is 2.76. The number of aromatic nitrogens is 3. The quantitative estimate of drug-likeness (QED) is 0.351. The van der Waals surface area contributed by atoms with E-state index in [1.807, 2.05) is 13.0 Å². The van der Waals surface area contributed by atoms with E-state index < -0.39 is 63.3 Å². The van der Waals surface area contributed by atoms with Crippen LogP contribution in [0.2, 0.25) is 0 Å². The normalized spacial score (nSPS) is 39.1. The van der Waals surface area contributed by atoms with Crippen molar-refractivity contribution >= 4 is 28.9 Å². The van der Waals surface area contributed by atoms with Crippen LogP contribution in [0.25, 0.3) is 11.8 Å². The van der Waals surface area contributed by atoms with Crippen LogP contribution in [0, 0.1) is 28.6 Å². The third kappa shape index (κ3) is 3.98. The van der Waals surface area contributed by atoms with Gasteiger partial charge in [-0.2, -0.15) is 9.49 Å². The maximum atomic E-state index is 18.1. The van der Waals surface area contributed by atoms with E-state index in [2.05, 4.69) is 10.1 Å². The van der Waals surface area contributed by atoms with Crippen LogP contribution < -0.4 is 0 Å². The fourth-order valence-electron chi connectivity index (χ4n) is 9.45. The third-order valence-corrected chi connectivity index (χ3v) is 12.3. The molecule has 0 bridgehead atoms. The predicted octanol–water partition coefficient (Wildman–Crippen LogP) is 5.30. The molecular formula is C32H36F3N3O5S. The zero-order chi connectivity index (χ0) is 31.1. The average molecular weight is 632 g/mol. The maximum absolute atomic E-state index is 18.1. The molecule has 3 unspecified atom stereocenters. The predicted molar refractivity (Wildman–Crippen MR) is 155 cm³/mol. The number of thioether (sulfide) groups is 1. The molecule has 0 radical (unpaired) electrons. The van der Waals surface area contributed by atoms with E-state index >= 15 is 4.39 Å². The van der Waals surface area contributed by atoms with Crippen molar-refractivity contribution in [1.82, 2.24) is 14.8 Å². The lowest BCUT2D eigenvalue weighted by molar-refractivity contribution is -0.230. The molecule has 0 spiro atoms. The van der Waals surface area contributed by atoms with Crippen LogP contribution in [0.5, 0.6) is 0 Å². The molecule has 4 fully saturated rings. The first-order valence-corrected chi connectivity index (χ1v) is 16.3. The van der Waals surface area contributed by atoms with Crippen LogP contribution in [0.3, 0.4) is 0 Å². The number of hydrogen-bond donors (Lipinski definition) is 1. The van der Waals surface area contributed by atoms with Gasteiger partial charge in [-0.3, -0.25) is 4.79 Å². The van der Waals surface area contributed by atoms with Gasteiger partial charge in [-0.05, 0) is 92.8 Å². The van der Waals surface area contributed by atoms with Gasteiger partial charge in [0.25, 0.3) is 0 Å². The standard InChI is InChI=1S/C32H36F3N3O5S/c1-29-13-18-15-37-38(20-6-8-26(34)36-16-20)23(18)12-19(29)5-7-22-21-9-10-31(28(41)44-17-33,43-27(40)24-4-3-11-42-24)30(21,2)14-25(39)32(22,29)35/h6,8,12,15-16,21-22,24-25,39H,3-5,7,9-11,13-14,17H2,1-2H3/t21?,22?,24?,25-,29-,30-,31-,32-/m0/s1. The lowest BCUT2D eigenvalue weighted by Gasteiger charge is -2.63. The topological polar surface area (TPSA) is 104 Å². The molecule has 1 aliphatic heterocycles. The minimum Gasteiger partial charge on any atom is -0.448 e. The highest BCUT2D eigenvalue weighted by Crippen LogP contribution is 2.71. The fraction of sp³-hybridized carbons (Fsp3) is 0.625. The first kappa shape index (κ1) is 30.0. The number of carbonyl (C=O) groups is 2. The molecule has 4 aliphatic carbocycles. The summed E-state index contributed by atoms with van der Waals surface area (Å²) >= 11 is 0.464. The van der Waals surface area contributed by atoms with E-state index in [1.165, 1.54) is 12.3 Å². The Morgan fingerprint density at radius 1 is 1.20 bits per heavy atom. The van der Waals surface area contributed by atoms with Crippen molar-refractivity contribution in [2.75, 3.05) is 12.6 Å². The van der Waals surface area contributed by atoms with Gasteiger partial charge in [0.15, 0.2) is 11.7 Å². The van der Waals surface area contributed by atoms with Gasteiger partial charge < -0.3 is 14.6 Å². The molecule has 236 valence electrons. The molecule has 8 nitrogen and oxygen atoms in total. The Bertz CT molecular complexity index is 1530. The molecular weight excluding hydrogens is 595 g/mol. The van der Waals surface area contributed by atoms with Crippen molar-refractivity contribution in [1.29, 1.82) is 0 Å². The Morgan fingerprint density at radius 3 is 2.73 bits per heavy atom. The Kier molecular flexibility index (Phi) is 7.10. The van der Waals surface area contributed by atoms with Gasteiger partial charge in [0, 0.05) is 23.4 Å². The summed E-state index contributed by atoms with van der Waals surface area (Å²) in [5.74, 6) is -2.26. The molecule has 12 heteroatoms. The van der Waals surface area contributed by atoms with E-state index in [4.69, 9.17) is 9.47 Å². The average Bonchev–Trinajstić information content (AvgIpc) is 3.73. The zero-order valence-electron chi connectivity index (χ0n) is 24.7. The maximum Gasteiger partial charge on any atom is 0.336 e. The van der Waals surface area contributed by atoms with Gasteiger partial charge in [-0.1, -0.05) is 19.4 Å². The number of alkyl halides is 2. The number of esters is 1. The Morgan fingerprint density at radius 2 is 2.02 bits per heavy atom. The number of aliphatic hydroxyl groups excluding tert-OH is 1. The molecule has 0 aromatic carbocycles. The molecule has 1 N–H and O–H groups in total. The minimum absolute atomic E-state index is 0.113. The number of fused-ring (bicyclic) bond motifs is 6. The van der Waals surface area contributed by atoms with Gasteiger partial charge in [-0.15, -0.1) is 0 Å². The lowest BCUT2D eigenvalue weighted by Crippen LogP contribution is -2.70. The molecule has 2 aromatic heterocycles. The molecule has 2 aromatic rings. The highest BCUT2D eigenvalue weighted by atomic mass is 32.2. The number of halogens is 3. The Balaban J connectivity index is 1.25. The summed E-state index contributed by atoms with van der Waals surface area (Å²) < 4.78 is 58.4. The smallest absolute Gasteiger partial charge is 0.336 e. The summed E-state index contributed by atoms with van der Waals surface area (Å²) in [6.07, 6.45) is 5.65. The van der Waals surface area contributed by atoms with Gasteiger partial charge in [-0.25, -0.2) is 23.2 Å². The Hall–Kier alpha value is -2.70. The number of ether oxygens (including phenoxy) is 2. The zero-order valence-corrected chi connectivity index (χ0v) is 25.5. The van der Waals surface area contributed by atoms with Gasteiger partial charge >= 0.3 is 5.97 Å². The molecule has 5 aliphatic rings. The number of pyridine rings is 1. The van der Waals surface area contributed by atoms with E-state index in [0.717, 1.165) is 16.8 Å². The van der Waals surface area contributed by atoms with Crippen molar-refractivity contribution in [3.8, 4) is 5.69 Å². The SMILES string of the molecule is C[C@]12Cc3cnn(-c4ccc(F)nc4)c3C=C1CCC1C3CC[C@](OC(=O)C4CCCO4)(C(=O)SCF)[C@@]3(C)C[C@H](O)[C@@]12F. The van der Waals surface area contributed by atoms with Crippen molar-refractivity contribution in [2.45, 2.75) is 88.7 Å². The molecule has 3 heterocycles. The van der Waals surface area contributed by atoms with Crippen LogP contribution in [-0.2, 0) is 25.5 Å². The molecule has 44 heavy (non-hydrogen) atoms. The lowest BCUT2D eigenvalue weighted by atomic mass is 9.44. The summed E-state index contributed by atoms with van der Waals surface area (Å²) in [6, 6.07) is 1.87. The molecule has 8 atom stereocenters. The van der Waals surface area contributed by atoms with Crippen LogP contribution in [-0.4, -0.2) is 67.0 Å². The number of hydrogen-bond acceptors (Lipinski definition) is 8. The van der Waals surface area contributed by atoms with E-state index in [-0.39, 0.29) is 18.8 Å². The second-order valence-corrected chi connectivity index (χ2v) is 14.3. The summed E-state index contributed by atoms with van der Waals surface area (Å²) in [4.78, 5) is 30.7. The van der Waals surface area contributed by atoms with Crippen molar-refractivity contribution in [2.24, 2.45) is 22.7 Å². The fourth-order valence-corrected chi connectivity index (χ4v) is 10.2. The number of allylic oxidation sites excluding steroid dienone is 1. The van der Waals surface area contributed by atoms with Gasteiger partial charge in [0.1, 0.15) is 11.7 Å². The first-order valence-electron chi connectivity index (χ1n) is 15.3. The van der Waals surface area contributed by atoms with Crippen molar-refractivity contribution < 1.29 is 37.3 Å². The third-order valence-electron chi connectivity index (χ3n) is 11.6. The molecule has 0 amide bonds.